The number of carboxylic acid groups (broad SMARTS) is 1. The molecule has 29 heavy (non-hydrogen) atoms. The first-order chi connectivity index (χ1) is 13.8. The molecule has 4 nitrogen and oxygen atoms in total. The van der Waals surface area contributed by atoms with Crippen molar-refractivity contribution in [3.8, 4) is 0 Å². The van der Waals surface area contributed by atoms with Gasteiger partial charge in [-0.25, -0.2) is 4.39 Å². The van der Waals surface area contributed by atoms with E-state index < -0.39 is 5.97 Å². The van der Waals surface area contributed by atoms with Crippen LogP contribution in [0, 0.1) is 31.5 Å². The third kappa shape index (κ3) is 4.84. The Labute approximate surface area is 171 Å². The monoisotopic (exact) mass is 397 g/mol. The highest BCUT2D eigenvalue weighted by Crippen LogP contribution is 2.34. The van der Waals surface area contributed by atoms with E-state index in [4.69, 9.17) is 5.11 Å². The molecule has 2 aromatic rings. The van der Waals surface area contributed by atoms with Gasteiger partial charge in [-0.3, -0.25) is 9.59 Å². The molecule has 0 unspecified atom stereocenters. The standard InChI is InChI=1S/C24H28FNO3/c1-15-10-18(8-9-22(27)28)11-16(2)23(15)26-14-19(12-17(3)24(26)29)13-20-6-4-5-7-21(20)25/h4-7,10-11,17,19H,8-9,12-14H2,1-3H3,(H,27,28)/t17-,19-/m1/s1. The Morgan fingerprint density at radius 1 is 1.21 bits per heavy atom. The van der Waals surface area contributed by atoms with Crippen LogP contribution in [0.1, 0.15) is 42.0 Å². The zero-order valence-electron chi connectivity index (χ0n) is 17.2. The smallest absolute Gasteiger partial charge is 0.303 e. The van der Waals surface area contributed by atoms with Crippen molar-refractivity contribution in [2.75, 3.05) is 11.4 Å². The van der Waals surface area contributed by atoms with E-state index in [9.17, 15) is 14.0 Å². The second-order valence-electron chi connectivity index (χ2n) is 8.22. The van der Waals surface area contributed by atoms with E-state index in [1.54, 1.807) is 6.07 Å². The number of halogens is 1. The number of aryl methyl sites for hydroxylation is 3. The minimum absolute atomic E-state index is 0.0859. The zero-order valence-corrected chi connectivity index (χ0v) is 17.2. The van der Waals surface area contributed by atoms with Crippen LogP contribution in [-0.2, 0) is 22.4 Å². The number of hydrogen-bond acceptors (Lipinski definition) is 2. The molecule has 0 aliphatic carbocycles. The number of benzene rings is 2. The molecule has 2 aromatic carbocycles. The van der Waals surface area contributed by atoms with E-state index in [2.05, 4.69) is 0 Å². The van der Waals surface area contributed by atoms with Crippen LogP contribution >= 0.6 is 0 Å². The molecule has 0 bridgehead atoms. The van der Waals surface area contributed by atoms with Crippen LogP contribution in [0.25, 0.3) is 0 Å². The lowest BCUT2D eigenvalue weighted by Crippen LogP contribution is -2.46. The van der Waals surface area contributed by atoms with Gasteiger partial charge in [-0.05, 0) is 67.3 Å². The second kappa shape index (κ2) is 8.76. The fourth-order valence-corrected chi connectivity index (χ4v) is 4.48. The fraction of sp³-hybridized carbons (Fsp3) is 0.417. The molecule has 0 aromatic heterocycles. The average molecular weight is 397 g/mol. The van der Waals surface area contributed by atoms with Gasteiger partial charge in [-0.2, -0.15) is 0 Å². The topological polar surface area (TPSA) is 57.6 Å². The van der Waals surface area contributed by atoms with E-state index >= 15 is 0 Å². The molecule has 1 heterocycles. The molecule has 0 saturated carbocycles. The predicted octanol–water partition coefficient (Wildman–Crippen LogP) is 4.69. The van der Waals surface area contributed by atoms with Crippen molar-refractivity contribution in [3.63, 3.8) is 0 Å². The summed E-state index contributed by atoms with van der Waals surface area (Å²) in [7, 11) is 0. The normalized spacial score (nSPS) is 19.4. The van der Waals surface area contributed by atoms with Crippen LogP contribution in [0.2, 0.25) is 0 Å². The van der Waals surface area contributed by atoms with Crippen molar-refractivity contribution in [2.45, 2.75) is 46.5 Å². The third-order valence-corrected chi connectivity index (χ3v) is 5.73. The summed E-state index contributed by atoms with van der Waals surface area (Å²) in [6, 6.07) is 10.8. The number of carbonyl (C=O) groups is 2. The van der Waals surface area contributed by atoms with Crippen molar-refractivity contribution in [3.05, 3.63) is 64.5 Å². The molecule has 0 spiro atoms. The molecule has 2 atom stereocenters. The molecule has 3 rings (SSSR count). The Morgan fingerprint density at radius 3 is 2.48 bits per heavy atom. The maximum Gasteiger partial charge on any atom is 0.303 e. The van der Waals surface area contributed by atoms with Gasteiger partial charge in [0.1, 0.15) is 5.82 Å². The Morgan fingerprint density at radius 2 is 1.86 bits per heavy atom. The molecule has 1 fully saturated rings. The zero-order chi connectivity index (χ0) is 21.1. The average Bonchev–Trinajstić information content (AvgIpc) is 2.65. The quantitative estimate of drug-likeness (QED) is 0.769. The SMILES string of the molecule is Cc1cc(CCC(=O)O)cc(C)c1N1C[C@@H](Cc2ccccc2F)C[C@@H](C)C1=O. The van der Waals surface area contributed by atoms with Crippen molar-refractivity contribution in [2.24, 2.45) is 11.8 Å². The molecule has 1 aliphatic heterocycles. The van der Waals surface area contributed by atoms with Crippen LogP contribution in [0.5, 0.6) is 0 Å². The summed E-state index contributed by atoms with van der Waals surface area (Å²) in [6.45, 7) is 6.43. The number of aliphatic carboxylic acids is 1. The van der Waals surface area contributed by atoms with Gasteiger partial charge in [-0.15, -0.1) is 0 Å². The van der Waals surface area contributed by atoms with Crippen LogP contribution in [0.15, 0.2) is 36.4 Å². The Bertz CT molecular complexity index is 901. The summed E-state index contributed by atoms with van der Waals surface area (Å²) >= 11 is 0. The Hall–Kier alpha value is -2.69. The first-order valence-electron chi connectivity index (χ1n) is 10.1. The predicted molar refractivity (Wildman–Crippen MR) is 112 cm³/mol. The highest BCUT2D eigenvalue weighted by molar-refractivity contribution is 5.97. The fourth-order valence-electron chi connectivity index (χ4n) is 4.48. The minimum Gasteiger partial charge on any atom is -0.481 e. The highest BCUT2D eigenvalue weighted by atomic mass is 19.1. The number of anilines is 1. The molecule has 1 aliphatic rings. The molecule has 0 radical (unpaired) electrons. The summed E-state index contributed by atoms with van der Waals surface area (Å²) < 4.78 is 14.1. The van der Waals surface area contributed by atoms with E-state index in [1.807, 2.05) is 49.9 Å². The molecule has 1 N–H and O–H groups in total. The van der Waals surface area contributed by atoms with Gasteiger partial charge < -0.3 is 10.0 Å². The lowest BCUT2D eigenvalue weighted by Gasteiger charge is -2.38. The van der Waals surface area contributed by atoms with Gasteiger partial charge in [0.25, 0.3) is 0 Å². The van der Waals surface area contributed by atoms with Crippen LogP contribution in [0.3, 0.4) is 0 Å². The van der Waals surface area contributed by atoms with E-state index in [1.165, 1.54) is 6.07 Å². The van der Waals surface area contributed by atoms with Crippen molar-refractivity contribution < 1.29 is 19.1 Å². The summed E-state index contributed by atoms with van der Waals surface area (Å²) in [5, 5.41) is 8.93. The first-order valence-corrected chi connectivity index (χ1v) is 10.1. The number of hydrogen-bond donors (Lipinski definition) is 1. The van der Waals surface area contributed by atoms with Gasteiger partial charge in [-0.1, -0.05) is 37.3 Å². The third-order valence-electron chi connectivity index (χ3n) is 5.73. The number of amides is 1. The number of nitrogens with zero attached hydrogens (tertiary/aromatic N) is 1. The summed E-state index contributed by atoms with van der Waals surface area (Å²) in [4.78, 5) is 25.7. The lowest BCUT2D eigenvalue weighted by atomic mass is 9.84. The molecular weight excluding hydrogens is 369 g/mol. The van der Waals surface area contributed by atoms with Crippen molar-refractivity contribution in [1.29, 1.82) is 0 Å². The van der Waals surface area contributed by atoms with Crippen molar-refractivity contribution >= 4 is 17.6 Å². The van der Waals surface area contributed by atoms with Crippen molar-refractivity contribution in [1.82, 2.24) is 0 Å². The van der Waals surface area contributed by atoms with E-state index in [-0.39, 0.29) is 30.0 Å². The summed E-state index contributed by atoms with van der Waals surface area (Å²) in [5.41, 5.74) is 4.50. The number of carboxylic acids is 1. The summed E-state index contributed by atoms with van der Waals surface area (Å²) in [6.07, 6.45) is 1.91. The van der Waals surface area contributed by atoms with Gasteiger partial charge >= 0.3 is 5.97 Å². The maximum absolute atomic E-state index is 14.1. The molecule has 5 heteroatoms. The van der Waals surface area contributed by atoms with Crippen LogP contribution < -0.4 is 4.90 Å². The molecule has 1 amide bonds. The number of carbonyl (C=O) groups excluding carboxylic acids is 1. The molecule has 154 valence electrons. The number of rotatable bonds is 6. The van der Waals surface area contributed by atoms with Gasteiger partial charge in [0.05, 0.1) is 0 Å². The molecule has 1 saturated heterocycles. The van der Waals surface area contributed by atoms with Crippen LogP contribution in [0.4, 0.5) is 10.1 Å². The van der Waals surface area contributed by atoms with E-state index in [0.29, 0.717) is 24.9 Å². The molecular formula is C24H28FNO3. The first kappa shape index (κ1) is 21.0. The van der Waals surface area contributed by atoms with Gasteiger partial charge in [0.15, 0.2) is 0 Å². The van der Waals surface area contributed by atoms with Crippen LogP contribution in [-0.4, -0.2) is 23.5 Å². The van der Waals surface area contributed by atoms with E-state index in [0.717, 1.165) is 28.8 Å². The maximum atomic E-state index is 14.1. The second-order valence-corrected chi connectivity index (χ2v) is 8.22. The summed E-state index contributed by atoms with van der Waals surface area (Å²) in [5.74, 6) is -0.852. The lowest BCUT2D eigenvalue weighted by molar-refractivity contribution is -0.137. The Balaban J connectivity index is 1.85. The minimum atomic E-state index is -0.819. The van der Waals surface area contributed by atoms with Gasteiger partial charge in [0, 0.05) is 24.6 Å². The number of piperidine rings is 1. The Kier molecular flexibility index (Phi) is 6.36. The largest absolute Gasteiger partial charge is 0.481 e. The highest BCUT2D eigenvalue weighted by Gasteiger charge is 2.34. The van der Waals surface area contributed by atoms with Gasteiger partial charge in [0.2, 0.25) is 5.91 Å².